The molecule has 0 aromatic heterocycles. The number of rotatable bonds is 9. The highest BCUT2D eigenvalue weighted by Gasteiger charge is 2.62. The maximum Gasteiger partial charge on any atom is 0.320 e. The summed E-state index contributed by atoms with van der Waals surface area (Å²) in [7, 11) is 3.86. The van der Waals surface area contributed by atoms with Crippen LogP contribution in [-0.4, -0.2) is 121 Å². The molecule has 4 aliphatic rings. The van der Waals surface area contributed by atoms with Crippen LogP contribution in [0.4, 0.5) is 0 Å². The number of fused-ring (bicyclic) bond motifs is 4. The zero-order chi connectivity index (χ0) is 42.7. The summed E-state index contributed by atoms with van der Waals surface area (Å²) in [5.74, 6) is -4.02. The van der Waals surface area contributed by atoms with Crippen molar-refractivity contribution in [1.29, 1.82) is 0 Å². The number of likely N-dealkylation sites (N-methyl/N-ethyl adjacent to an activating group) is 1. The van der Waals surface area contributed by atoms with E-state index in [2.05, 4.69) is 18.7 Å². The first-order chi connectivity index (χ1) is 27.3. The number of ether oxygens (including phenoxy) is 7. The molecule has 0 aliphatic carbocycles. The zero-order valence-electron chi connectivity index (χ0n) is 36.4. The SMILES string of the molecule is C=C1CO[C@H]2[C@@H](C)[C@@H](O[C@@H]3O[C@H](C)C[C@H](N(C)C)[C@H]3OC(C)=O)[C@@](C)(C[C@@H](C)C(=O)[C@H](C)[C@@H]3C(SCCc4ccccc4)C(=O)O[C@]3(C)[C@@H](CC)OC(=O)[C@@H]2C)OC1. The number of hydrogen-bond donors (Lipinski definition) is 0. The molecule has 0 radical (unpaired) electrons. The monoisotopic (exact) mass is 829 g/mol. The number of aryl methyl sites for hydroxylation is 1. The molecule has 15 atom stereocenters. The van der Waals surface area contributed by atoms with E-state index < -0.39 is 94.7 Å². The fraction of sp³-hybridized carbons (Fsp3) is 0.733. The maximum atomic E-state index is 15.0. The Morgan fingerprint density at radius 1 is 1.00 bits per heavy atom. The van der Waals surface area contributed by atoms with Crippen LogP contribution in [0.15, 0.2) is 42.5 Å². The Labute approximate surface area is 349 Å². The number of esters is 3. The Kier molecular flexibility index (Phi) is 15.4. The molecule has 2 bridgehead atoms. The minimum Gasteiger partial charge on any atom is -0.458 e. The third kappa shape index (κ3) is 10.0. The van der Waals surface area contributed by atoms with E-state index in [4.69, 9.17) is 33.2 Å². The number of thioether (sulfide) groups is 1. The van der Waals surface area contributed by atoms with Gasteiger partial charge in [0.25, 0.3) is 0 Å². The van der Waals surface area contributed by atoms with Crippen molar-refractivity contribution >= 4 is 35.5 Å². The third-order valence-corrected chi connectivity index (χ3v) is 14.2. The zero-order valence-corrected chi connectivity index (χ0v) is 37.2. The fourth-order valence-corrected chi connectivity index (χ4v) is 11.4. The molecule has 4 heterocycles. The summed E-state index contributed by atoms with van der Waals surface area (Å²) in [6.45, 7) is 20.9. The van der Waals surface area contributed by atoms with Gasteiger partial charge < -0.3 is 38.1 Å². The Hall–Kier alpha value is -2.81. The lowest BCUT2D eigenvalue weighted by Gasteiger charge is -2.49. The number of nitrogens with zero attached hydrogens (tertiary/aromatic N) is 1. The molecule has 12 nitrogen and oxygen atoms in total. The average Bonchev–Trinajstić information content (AvgIpc) is 3.44. The first-order valence-corrected chi connectivity index (χ1v) is 22.0. The van der Waals surface area contributed by atoms with Crippen molar-refractivity contribution < 1.29 is 52.3 Å². The molecule has 4 fully saturated rings. The predicted molar refractivity (Wildman–Crippen MR) is 221 cm³/mol. The minimum atomic E-state index is -1.27. The highest BCUT2D eigenvalue weighted by atomic mass is 32.2. The molecule has 0 saturated carbocycles. The molecule has 1 aromatic rings. The molecular formula is C45H67NO11S. The molecule has 0 amide bonds. The molecule has 4 aliphatic heterocycles. The van der Waals surface area contributed by atoms with Crippen LogP contribution in [0.25, 0.3) is 0 Å². The number of benzene rings is 1. The van der Waals surface area contributed by atoms with Crippen LogP contribution < -0.4 is 0 Å². The van der Waals surface area contributed by atoms with Gasteiger partial charge in [0, 0.05) is 30.6 Å². The molecule has 1 aromatic carbocycles. The summed E-state index contributed by atoms with van der Waals surface area (Å²) in [5, 5.41) is -0.661. The van der Waals surface area contributed by atoms with Gasteiger partial charge >= 0.3 is 17.9 Å². The fourth-order valence-electron chi connectivity index (χ4n) is 9.90. The Balaban J connectivity index is 1.59. The van der Waals surface area contributed by atoms with Gasteiger partial charge in [-0.3, -0.25) is 19.2 Å². The van der Waals surface area contributed by atoms with E-state index in [0.29, 0.717) is 24.2 Å². The van der Waals surface area contributed by atoms with E-state index in [-0.39, 0.29) is 37.6 Å². The minimum absolute atomic E-state index is 0.0643. The van der Waals surface area contributed by atoms with Crippen LogP contribution in [-0.2, 0) is 58.8 Å². The summed E-state index contributed by atoms with van der Waals surface area (Å²) in [4.78, 5) is 57.9. The summed E-state index contributed by atoms with van der Waals surface area (Å²) in [6.07, 6.45) is -2.55. The molecule has 58 heavy (non-hydrogen) atoms. The summed E-state index contributed by atoms with van der Waals surface area (Å²) < 4.78 is 45.5. The molecule has 13 heteroatoms. The van der Waals surface area contributed by atoms with Gasteiger partial charge in [-0.2, -0.15) is 0 Å². The number of carbonyl (C=O) groups is 4. The van der Waals surface area contributed by atoms with Gasteiger partial charge in [-0.05, 0) is 84.4 Å². The van der Waals surface area contributed by atoms with Crippen LogP contribution >= 0.6 is 11.8 Å². The number of ketones is 1. The molecule has 5 rings (SSSR count). The molecule has 1 unspecified atom stereocenters. The van der Waals surface area contributed by atoms with Gasteiger partial charge in [-0.15, -0.1) is 11.8 Å². The van der Waals surface area contributed by atoms with Crippen LogP contribution in [0.3, 0.4) is 0 Å². The van der Waals surface area contributed by atoms with E-state index in [0.717, 1.165) is 12.0 Å². The van der Waals surface area contributed by atoms with Gasteiger partial charge in [0.1, 0.15) is 17.1 Å². The van der Waals surface area contributed by atoms with Crippen molar-refractivity contribution in [2.75, 3.05) is 33.1 Å². The predicted octanol–water partition coefficient (Wildman–Crippen LogP) is 6.21. The second-order valence-corrected chi connectivity index (χ2v) is 19.0. The van der Waals surface area contributed by atoms with Gasteiger partial charge in [-0.1, -0.05) is 64.6 Å². The Morgan fingerprint density at radius 2 is 1.69 bits per heavy atom. The largest absolute Gasteiger partial charge is 0.458 e. The quantitative estimate of drug-likeness (QED) is 0.159. The van der Waals surface area contributed by atoms with Crippen LogP contribution in [0.2, 0.25) is 0 Å². The number of carbonyl (C=O) groups excluding carboxylic acids is 4. The summed E-state index contributed by atoms with van der Waals surface area (Å²) in [5.41, 5.74) is -0.640. The lowest BCUT2D eigenvalue weighted by molar-refractivity contribution is -0.304. The molecule has 4 saturated heterocycles. The van der Waals surface area contributed by atoms with Gasteiger partial charge in [0.05, 0.1) is 49.1 Å². The standard InChI is InChI=1S/C45H67NO11S/c1-13-34-45(10)35(39(42(50)57-45)58-20-19-32-17-15-14-16-18-32)28(5)36(48)26(3)22-44(9)40(29(6)37(30(7)41(49)55-34)51-23-25(2)24-52-44)56-43-38(54-31(8)47)33(46(11)12)21-27(4)53-43/h14-18,26-30,33-35,37-40,43H,2,13,19-24H2,1,3-12H3/t26-,27-,28-,29-,30-,33+,34-,35-,37+,38-,39?,40-,43+,44-,45-/m1/s1. The van der Waals surface area contributed by atoms with Crippen molar-refractivity contribution in [3.8, 4) is 0 Å². The summed E-state index contributed by atoms with van der Waals surface area (Å²) >= 11 is 1.49. The van der Waals surface area contributed by atoms with Crippen molar-refractivity contribution in [1.82, 2.24) is 4.90 Å². The second-order valence-electron chi connectivity index (χ2n) is 17.8. The van der Waals surface area contributed by atoms with Crippen molar-refractivity contribution in [2.24, 2.45) is 29.6 Å². The van der Waals surface area contributed by atoms with E-state index >= 15 is 0 Å². The van der Waals surface area contributed by atoms with Gasteiger partial charge in [0.15, 0.2) is 18.0 Å². The third-order valence-electron chi connectivity index (χ3n) is 12.9. The van der Waals surface area contributed by atoms with E-state index in [9.17, 15) is 19.2 Å². The van der Waals surface area contributed by atoms with Crippen LogP contribution in [0.5, 0.6) is 0 Å². The van der Waals surface area contributed by atoms with E-state index in [1.54, 1.807) is 6.92 Å². The van der Waals surface area contributed by atoms with Crippen molar-refractivity contribution in [2.45, 2.75) is 147 Å². The second kappa shape index (κ2) is 19.3. The van der Waals surface area contributed by atoms with Crippen molar-refractivity contribution in [3.05, 3.63) is 48.0 Å². The van der Waals surface area contributed by atoms with E-state index in [1.165, 1.54) is 18.7 Å². The highest BCUT2D eigenvalue weighted by Crippen LogP contribution is 2.49. The first-order valence-electron chi connectivity index (χ1n) is 21.0. The average molecular weight is 830 g/mol. The molecule has 324 valence electrons. The first kappa shape index (κ1) is 46.3. The number of cyclic esters (lactones) is 1. The molecule has 0 spiro atoms. The van der Waals surface area contributed by atoms with Crippen LogP contribution in [0, 0.1) is 29.6 Å². The topological polar surface area (TPSA) is 136 Å². The smallest absolute Gasteiger partial charge is 0.320 e. The Bertz CT molecular complexity index is 1620. The number of Topliss-reactive ketones (excluding diaryl/α,β-unsaturated/α-hetero) is 1. The van der Waals surface area contributed by atoms with Crippen molar-refractivity contribution in [3.63, 3.8) is 0 Å². The lowest BCUT2D eigenvalue weighted by Crippen LogP contribution is -2.61. The Morgan fingerprint density at radius 3 is 2.33 bits per heavy atom. The normalized spacial score (nSPS) is 40.4. The number of hydrogen-bond acceptors (Lipinski definition) is 13. The van der Waals surface area contributed by atoms with E-state index in [1.807, 2.05) is 85.7 Å². The summed E-state index contributed by atoms with van der Waals surface area (Å²) in [6, 6.07) is 9.84. The van der Waals surface area contributed by atoms with Gasteiger partial charge in [0.2, 0.25) is 0 Å². The highest BCUT2D eigenvalue weighted by molar-refractivity contribution is 8.00. The van der Waals surface area contributed by atoms with Crippen LogP contribution in [0.1, 0.15) is 87.1 Å². The molecular weight excluding hydrogens is 763 g/mol. The maximum absolute atomic E-state index is 15.0. The molecule has 0 N–H and O–H groups in total. The van der Waals surface area contributed by atoms with Gasteiger partial charge in [-0.25, -0.2) is 0 Å². The lowest BCUT2D eigenvalue weighted by atomic mass is 9.70.